The van der Waals surface area contributed by atoms with Gasteiger partial charge in [-0.05, 0) is 31.5 Å². The van der Waals surface area contributed by atoms with Crippen molar-refractivity contribution in [3.05, 3.63) is 30.7 Å². The number of hydrogen-bond donors (Lipinski definition) is 2. The molecule has 0 aromatic carbocycles. The van der Waals surface area contributed by atoms with Crippen LogP contribution in [-0.4, -0.2) is 64.5 Å². The Morgan fingerprint density at radius 2 is 2.07 bits per heavy atom. The Morgan fingerprint density at radius 3 is 2.89 bits per heavy atom. The van der Waals surface area contributed by atoms with Crippen LogP contribution in [0.5, 0.6) is 0 Å². The molecule has 2 aliphatic rings. The van der Waals surface area contributed by atoms with Crippen LogP contribution in [0.2, 0.25) is 0 Å². The molecular formula is C20H24N6O. The predicted molar refractivity (Wildman–Crippen MR) is 106 cm³/mol. The van der Waals surface area contributed by atoms with Gasteiger partial charge in [-0.2, -0.15) is 0 Å². The number of anilines is 1. The average Bonchev–Trinajstić information content (AvgIpc) is 3.35. The number of nitrogens with one attached hydrogen (secondary N) is 2. The van der Waals surface area contributed by atoms with Crippen LogP contribution < -0.4 is 10.2 Å². The summed E-state index contributed by atoms with van der Waals surface area (Å²) in [6.07, 6.45) is 8.45. The van der Waals surface area contributed by atoms with E-state index in [2.05, 4.69) is 31.2 Å². The number of nitrogens with zero attached hydrogens (tertiary/aromatic N) is 4. The van der Waals surface area contributed by atoms with Gasteiger partial charge in [0.2, 0.25) is 5.91 Å². The SMILES string of the molecule is O=C(C[C@H]1CCCN1)N1CCN(c2ccnc3[nH]c4cnccc4c23)CC1. The highest BCUT2D eigenvalue weighted by molar-refractivity contribution is 6.11. The van der Waals surface area contributed by atoms with Gasteiger partial charge in [0.1, 0.15) is 5.65 Å². The van der Waals surface area contributed by atoms with Crippen LogP contribution in [0.25, 0.3) is 21.9 Å². The van der Waals surface area contributed by atoms with Crippen molar-refractivity contribution < 1.29 is 4.79 Å². The van der Waals surface area contributed by atoms with Gasteiger partial charge in [0.05, 0.1) is 22.8 Å². The molecule has 5 rings (SSSR count). The van der Waals surface area contributed by atoms with Crippen LogP contribution in [0, 0.1) is 0 Å². The third-order valence-corrected chi connectivity index (χ3v) is 5.83. The number of rotatable bonds is 3. The molecule has 0 unspecified atom stereocenters. The molecule has 3 aromatic heterocycles. The molecule has 0 aliphatic carbocycles. The van der Waals surface area contributed by atoms with Crippen molar-refractivity contribution in [1.29, 1.82) is 0 Å². The first-order valence-corrected chi connectivity index (χ1v) is 9.76. The minimum absolute atomic E-state index is 0.284. The number of aromatic amines is 1. The summed E-state index contributed by atoms with van der Waals surface area (Å²) in [6.45, 7) is 4.30. The number of piperazine rings is 1. The largest absolute Gasteiger partial charge is 0.367 e. The van der Waals surface area contributed by atoms with E-state index in [4.69, 9.17) is 0 Å². The Bertz CT molecular complexity index is 969. The van der Waals surface area contributed by atoms with Crippen molar-refractivity contribution in [3.63, 3.8) is 0 Å². The summed E-state index contributed by atoms with van der Waals surface area (Å²) in [7, 11) is 0. The molecule has 2 aliphatic heterocycles. The van der Waals surface area contributed by atoms with E-state index >= 15 is 0 Å². The molecule has 2 fully saturated rings. The first kappa shape index (κ1) is 16.5. The lowest BCUT2D eigenvalue weighted by molar-refractivity contribution is -0.131. The molecule has 2 N–H and O–H groups in total. The van der Waals surface area contributed by atoms with Crippen LogP contribution in [0.1, 0.15) is 19.3 Å². The van der Waals surface area contributed by atoms with Crippen molar-refractivity contribution >= 4 is 33.5 Å². The molecule has 7 heteroatoms. The molecule has 1 atom stereocenters. The fourth-order valence-corrected chi connectivity index (χ4v) is 4.38. The van der Waals surface area contributed by atoms with E-state index in [-0.39, 0.29) is 5.91 Å². The quantitative estimate of drug-likeness (QED) is 0.742. The zero-order valence-corrected chi connectivity index (χ0v) is 15.3. The Hall–Kier alpha value is -2.67. The van der Waals surface area contributed by atoms with Gasteiger partial charge in [-0.15, -0.1) is 0 Å². The molecule has 0 saturated carbocycles. The molecule has 3 aromatic rings. The Kier molecular flexibility index (Phi) is 4.16. The number of aromatic nitrogens is 3. The van der Waals surface area contributed by atoms with Crippen LogP contribution in [-0.2, 0) is 4.79 Å². The highest BCUT2D eigenvalue weighted by Gasteiger charge is 2.26. The lowest BCUT2D eigenvalue weighted by Crippen LogP contribution is -2.49. The van der Waals surface area contributed by atoms with Crippen molar-refractivity contribution in [2.75, 3.05) is 37.6 Å². The smallest absolute Gasteiger partial charge is 0.224 e. The molecular weight excluding hydrogens is 340 g/mol. The molecule has 1 amide bonds. The molecule has 2 saturated heterocycles. The maximum absolute atomic E-state index is 12.6. The van der Waals surface area contributed by atoms with Gasteiger partial charge in [0.15, 0.2) is 0 Å². The fraction of sp³-hybridized carbons (Fsp3) is 0.450. The van der Waals surface area contributed by atoms with Crippen LogP contribution in [0.4, 0.5) is 5.69 Å². The second-order valence-electron chi connectivity index (χ2n) is 7.47. The number of carbonyl (C=O) groups is 1. The Labute approximate surface area is 157 Å². The second-order valence-corrected chi connectivity index (χ2v) is 7.47. The second kappa shape index (κ2) is 6.81. The standard InChI is InChI=1S/C20H24N6O/c27-18(12-14-2-1-5-22-14)26-10-8-25(9-11-26)17-4-7-23-20-19(17)15-3-6-21-13-16(15)24-20/h3-4,6-7,13-14,22H,1-2,5,8-12H2,(H,23,24)/t14-/m1/s1. The van der Waals surface area contributed by atoms with E-state index < -0.39 is 0 Å². The van der Waals surface area contributed by atoms with Gasteiger partial charge < -0.3 is 20.1 Å². The Morgan fingerprint density at radius 1 is 1.19 bits per heavy atom. The van der Waals surface area contributed by atoms with Gasteiger partial charge in [-0.1, -0.05) is 0 Å². The molecule has 140 valence electrons. The minimum Gasteiger partial charge on any atom is -0.367 e. The number of carbonyl (C=O) groups excluding carboxylic acids is 1. The summed E-state index contributed by atoms with van der Waals surface area (Å²) in [5, 5.41) is 5.71. The van der Waals surface area contributed by atoms with E-state index in [0.717, 1.165) is 61.1 Å². The van der Waals surface area contributed by atoms with Gasteiger partial charge in [0.25, 0.3) is 0 Å². The van der Waals surface area contributed by atoms with Crippen molar-refractivity contribution in [1.82, 2.24) is 25.2 Å². The minimum atomic E-state index is 0.284. The van der Waals surface area contributed by atoms with Crippen LogP contribution in [0.3, 0.4) is 0 Å². The first-order chi connectivity index (χ1) is 13.3. The average molecular weight is 364 g/mol. The molecule has 5 heterocycles. The summed E-state index contributed by atoms with van der Waals surface area (Å²) in [5.41, 5.74) is 3.08. The number of H-pyrrole nitrogens is 1. The summed E-state index contributed by atoms with van der Waals surface area (Å²) in [6, 6.07) is 4.49. The maximum atomic E-state index is 12.6. The third-order valence-electron chi connectivity index (χ3n) is 5.83. The van der Waals surface area contributed by atoms with Crippen LogP contribution in [0.15, 0.2) is 30.7 Å². The highest BCUT2D eigenvalue weighted by Crippen LogP contribution is 2.32. The van der Waals surface area contributed by atoms with Crippen molar-refractivity contribution in [3.8, 4) is 0 Å². The Balaban J connectivity index is 1.34. The normalized spacial score (nSPS) is 20.7. The topological polar surface area (TPSA) is 77.2 Å². The van der Waals surface area contributed by atoms with Crippen molar-refractivity contribution in [2.24, 2.45) is 0 Å². The molecule has 7 nitrogen and oxygen atoms in total. The lowest BCUT2D eigenvalue weighted by atomic mass is 10.1. The zero-order chi connectivity index (χ0) is 18.2. The van der Waals surface area contributed by atoms with E-state index in [1.54, 1.807) is 0 Å². The summed E-state index contributed by atoms with van der Waals surface area (Å²) in [5.74, 6) is 0.284. The van der Waals surface area contributed by atoms with Crippen molar-refractivity contribution in [2.45, 2.75) is 25.3 Å². The monoisotopic (exact) mass is 364 g/mol. The van der Waals surface area contributed by atoms with E-state index in [1.807, 2.05) is 29.6 Å². The summed E-state index contributed by atoms with van der Waals surface area (Å²) >= 11 is 0. The number of hydrogen-bond acceptors (Lipinski definition) is 5. The highest BCUT2D eigenvalue weighted by atomic mass is 16.2. The van der Waals surface area contributed by atoms with Gasteiger partial charge in [-0.3, -0.25) is 9.78 Å². The van der Waals surface area contributed by atoms with Gasteiger partial charge >= 0.3 is 0 Å². The van der Waals surface area contributed by atoms with Gasteiger partial charge in [-0.25, -0.2) is 4.98 Å². The first-order valence-electron chi connectivity index (χ1n) is 9.76. The lowest BCUT2D eigenvalue weighted by Gasteiger charge is -2.36. The van der Waals surface area contributed by atoms with Gasteiger partial charge in [0, 0.05) is 56.4 Å². The molecule has 0 radical (unpaired) electrons. The molecule has 0 bridgehead atoms. The third kappa shape index (κ3) is 3.02. The number of amides is 1. The zero-order valence-electron chi connectivity index (χ0n) is 15.3. The van der Waals surface area contributed by atoms with E-state index in [0.29, 0.717) is 12.5 Å². The molecule has 27 heavy (non-hydrogen) atoms. The van der Waals surface area contributed by atoms with Crippen LogP contribution >= 0.6 is 0 Å². The fourth-order valence-electron chi connectivity index (χ4n) is 4.38. The predicted octanol–water partition coefficient (Wildman–Crippen LogP) is 1.90. The van der Waals surface area contributed by atoms with E-state index in [1.165, 1.54) is 12.1 Å². The number of pyridine rings is 2. The molecule has 0 spiro atoms. The maximum Gasteiger partial charge on any atom is 0.224 e. The summed E-state index contributed by atoms with van der Waals surface area (Å²) in [4.78, 5) is 29.0. The number of fused-ring (bicyclic) bond motifs is 3. The summed E-state index contributed by atoms with van der Waals surface area (Å²) < 4.78 is 0. The van der Waals surface area contributed by atoms with E-state index in [9.17, 15) is 4.79 Å².